The molecule has 2 amide bonds. The number of carbonyl (C=O) groups is 2. The van der Waals surface area contributed by atoms with Crippen LogP contribution in [0.3, 0.4) is 0 Å². The van der Waals surface area contributed by atoms with Gasteiger partial charge in [-0.1, -0.05) is 26.2 Å². The molecule has 4 N–H and O–H groups in total. The number of hydrogen-bond donors (Lipinski definition) is 4. The van der Waals surface area contributed by atoms with E-state index in [1.807, 2.05) is 18.9 Å². The third-order valence-electron chi connectivity index (χ3n) is 11.2. The van der Waals surface area contributed by atoms with E-state index in [4.69, 9.17) is 4.74 Å². The number of amides is 2. The summed E-state index contributed by atoms with van der Waals surface area (Å²) in [6, 6.07) is 9.77. The van der Waals surface area contributed by atoms with Crippen LogP contribution in [-0.2, 0) is 20.5 Å². The van der Waals surface area contributed by atoms with E-state index in [0.717, 1.165) is 49.9 Å². The number of ether oxygens (including phenoxy) is 1. The van der Waals surface area contributed by atoms with Crippen molar-refractivity contribution >= 4 is 52.6 Å². The first-order valence-electron chi connectivity index (χ1n) is 20.3. The van der Waals surface area contributed by atoms with Crippen LogP contribution in [0.4, 0.5) is 50.8 Å². The van der Waals surface area contributed by atoms with Gasteiger partial charge >= 0.3 is 6.18 Å². The summed E-state index contributed by atoms with van der Waals surface area (Å²) in [5.41, 5.74) is 0.328. The summed E-state index contributed by atoms with van der Waals surface area (Å²) >= 11 is 1.40. The fraction of sp³-hybridized carbons (Fsp3) is 0.561. The number of piperidine rings is 2. The summed E-state index contributed by atoms with van der Waals surface area (Å²) in [5.74, 6) is -1.42. The van der Waals surface area contributed by atoms with Crippen LogP contribution in [0.5, 0.6) is 0 Å². The van der Waals surface area contributed by atoms with Crippen LogP contribution in [0.15, 0.2) is 47.5 Å². The molecule has 59 heavy (non-hydrogen) atoms. The molecule has 3 unspecified atom stereocenters. The molecule has 3 saturated heterocycles. The van der Waals surface area contributed by atoms with Crippen LogP contribution in [-0.4, -0.2) is 98.3 Å². The van der Waals surface area contributed by atoms with E-state index in [0.29, 0.717) is 50.1 Å². The van der Waals surface area contributed by atoms with Crippen LogP contribution in [0.1, 0.15) is 70.3 Å². The van der Waals surface area contributed by atoms with Crippen LogP contribution in [0.25, 0.3) is 0 Å². The highest BCUT2D eigenvalue weighted by molar-refractivity contribution is 7.97. The Labute approximate surface area is 346 Å². The van der Waals surface area contributed by atoms with E-state index >= 15 is 0 Å². The SMILES string of the molecule is CC1CCCN(c2nc(Nc3ccc(SNC4CCCCC4)cc3F)ncc2C(F)(F)F)C1.COCC1CN(c2ccc(NC3CCC(=O)NC3=O)cc2F)CCN1C. The Morgan fingerprint density at radius 3 is 2.42 bits per heavy atom. The predicted octanol–water partition coefficient (Wildman–Crippen LogP) is 7.35. The first-order valence-corrected chi connectivity index (χ1v) is 21.1. The number of hydrogen-bond acceptors (Lipinski definition) is 12. The molecular weight excluding hydrogens is 794 g/mol. The second kappa shape index (κ2) is 20.3. The van der Waals surface area contributed by atoms with Crippen molar-refractivity contribution in [3.63, 3.8) is 0 Å². The third-order valence-corrected chi connectivity index (χ3v) is 12.1. The molecule has 3 aromatic rings. The van der Waals surface area contributed by atoms with Gasteiger partial charge in [-0.3, -0.25) is 24.5 Å². The predicted molar refractivity (Wildman–Crippen MR) is 220 cm³/mol. The highest BCUT2D eigenvalue weighted by Crippen LogP contribution is 2.37. The number of aromatic nitrogens is 2. The molecule has 4 fully saturated rings. The maximum absolute atomic E-state index is 14.7. The maximum atomic E-state index is 14.7. The number of imide groups is 1. The molecule has 1 saturated carbocycles. The van der Waals surface area contributed by atoms with Gasteiger partial charge in [0.25, 0.3) is 0 Å². The Morgan fingerprint density at radius 2 is 1.73 bits per heavy atom. The van der Waals surface area contributed by atoms with Gasteiger partial charge in [-0.2, -0.15) is 18.2 Å². The number of halogens is 5. The van der Waals surface area contributed by atoms with Gasteiger partial charge in [0.1, 0.15) is 29.1 Å². The number of nitrogens with zero attached hydrogens (tertiary/aromatic N) is 5. The van der Waals surface area contributed by atoms with Crippen molar-refractivity contribution in [2.75, 3.05) is 73.9 Å². The molecule has 3 aliphatic heterocycles. The number of piperazine rings is 1. The van der Waals surface area contributed by atoms with Crippen LogP contribution >= 0.6 is 11.9 Å². The van der Waals surface area contributed by atoms with Crippen LogP contribution in [0.2, 0.25) is 0 Å². The molecule has 322 valence electrons. The van der Waals surface area contributed by atoms with Crippen molar-refractivity contribution in [3.8, 4) is 0 Å². The zero-order valence-corrected chi connectivity index (χ0v) is 34.5. The fourth-order valence-electron chi connectivity index (χ4n) is 7.83. The van der Waals surface area contributed by atoms with E-state index in [1.165, 1.54) is 43.3 Å². The number of carbonyl (C=O) groups excluding carboxylic acids is 2. The lowest BCUT2D eigenvalue weighted by Gasteiger charge is -2.40. The molecule has 18 heteroatoms. The first kappa shape index (κ1) is 44.3. The highest BCUT2D eigenvalue weighted by atomic mass is 32.2. The average Bonchev–Trinajstić information content (AvgIpc) is 3.20. The molecule has 12 nitrogen and oxygen atoms in total. The average molecular weight is 848 g/mol. The molecule has 1 aromatic heterocycles. The van der Waals surface area contributed by atoms with Crippen molar-refractivity contribution in [1.82, 2.24) is 24.9 Å². The van der Waals surface area contributed by atoms with Gasteiger partial charge in [-0.05, 0) is 93.4 Å². The van der Waals surface area contributed by atoms with E-state index in [1.54, 1.807) is 36.3 Å². The third kappa shape index (κ3) is 12.2. The van der Waals surface area contributed by atoms with Crippen molar-refractivity contribution in [1.29, 1.82) is 0 Å². The Kier molecular flexibility index (Phi) is 15.3. The maximum Gasteiger partial charge on any atom is 0.421 e. The Balaban J connectivity index is 0.000000204. The monoisotopic (exact) mass is 847 g/mol. The highest BCUT2D eigenvalue weighted by Gasteiger charge is 2.38. The summed E-state index contributed by atoms with van der Waals surface area (Å²) in [6.45, 7) is 5.88. The molecule has 0 radical (unpaired) electrons. The second-order valence-corrected chi connectivity index (χ2v) is 16.7. The minimum absolute atomic E-state index is 0.0594. The summed E-state index contributed by atoms with van der Waals surface area (Å²) < 4.78 is 78.8. The smallest absolute Gasteiger partial charge is 0.383 e. The number of nitrogens with one attached hydrogen (secondary N) is 4. The van der Waals surface area contributed by atoms with E-state index in [2.05, 4.69) is 35.5 Å². The standard InChI is InChI=1S/C23H29F4N5S.C18H25FN4O3/c1-15-6-5-11-32(14-15)21-18(23(25,26)27)13-28-22(30-21)29-20-10-9-17(12-19(20)24)33-31-16-7-3-2-4-8-16;1-22-7-8-23(10-13(22)11-26-2)16-5-3-12(9-14(16)19)20-15-4-6-17(24)21-18(15)25/h9-10,12-13,15-16,31H,2-8,11,14H2,1H3,(H,28,29,30);3,5,9,13,15,20H,4,6-8,10-11H2,1-2H3,(H,21,24,25). The molecule has 7 rings (SSSR count). The number of benzene rings is 2. The lowest BCUT2D eigenvalue weighted by Crippen LogP contribution is -2.53. The molecule has 2 aromatic carbocycles. The van der Waals surface area contributed by atoms with Gasteiger partial charge in [0.15, 0.2) is 0 Å². The minimum Gasteiger partial charge on any atom is -0.383 e. The van der Waals surface area contributed by atoms with Crippen molar-refractivity contribution in [2.24, 2.45) is 5.92 Å². The Hall–Kier alpha value is -4.26. The van der Waals surface area contributed by atoms with Crippen LogP contribution in [0, 0.1) is 17.6 Å². The number of alkyl halides is 3. The fourth-order valence-corrected chi connectivity index (χ4v) is 8.67. The minimum atomic E-state index is -4.57. The number of rotatable bonds is 11. The largest absolute Gasteiger partial charge is 0.421 e. The van der Waals surface area contributed by atoms with Gasteiger partial charge < -0.3 is 25.2 Å². The normalized spacial score (nSPS) is 22.1. The molecule has 3 atom stereocenters. The molecule has 0 bridgehead atoms. The van der Waals surface area contributed by atoms with Gasteiger partial charge in [0.05, 0.1) is 24.0 Å². The van der Waals surface area contributed by atoms with Crippen molar-refractivity contribution in [2.45, 2.75) is 93.9 Å². The van der Waals surface area contributed by atoms with Gasteiger partial charge in [0, 0.05) is 69.1 Å². The molecule has 1 aliphatic carbocycles. The Bertz CT molecular complexity index is 1900. The molecule has 0 spiro atoms. The van der Waals surface area contributed by atoms with Crippen LogP contribution < -0.4 is 30.5 Å². The summed E-state index contributed by atoms with van der Waals surface area (Å²) in [5, 5.41) is 8.05. The number of methoxy groups -OCH3 is 1. The molecule has 4 aliphatic rings. The zero-order chi connectivity index (χ0) is 42.1. The van der Waals surface area contributed by atoms with E-state index < -0.39 is 23.6 Å². The zero-order valence-electron chi connectivity index (χ0n) is 33.7. The summed E-state index contributed by atoms with van der Waals surface area (Å²) in [7, 11) is 3.72. The van der Waals surface area contributed by atoms with Crippen molar-refractivity contribution < 1.29 is 36.3 Å². The number of likely N-dealkylation sites (N-methyl/N-ethyl adjacent to an activating group) is 1. The van der Waals surface area contributed by atoms with E-state index in [-0.39, 0.29) is 53.5 Å². The van der Waals surface area contributed by atoms with E-state index in [9.17, 15) is 31.5 Å². The van der Waals surface area contributed by atoms with Crippen molar-refractivity contribution in [3.05, 3.63) is 59.8 Å². The first-order chi connectivity index (χ1) is 28.3. The second-order valence-electron chi connectivity index (χ2n) is 15.8. The lowest BCUT2D eigenvalue weighted by atomic mass is 9.96. The lowest BCUT2D eigenvalue weighted by molar-refractivity contribution is -0.137. The summed E-state index contributed by atoms with van der Waals surface area (Å²) in [6.07, 6.45) is 4.61. The summed E-state index contributed by atoms with van der Waals surface area (Å²) in [4.78, 5) is 37.6. The van der Waals surface area contributed by atoms with Gasteiger partial charge in [-0.15, -0.1) is 0 Å². The number of anilines is 5. The van der Waals surface area contributed by atoms with Gasteiger partial charge in [-0.25, -0.2) is 13.8 Å². The topological polar surface area (TPSA) is 127 Å². The molecule has 4 heterocycles. The Morgan fingerprint density at radius 1 is 0.932 bits per heavy atom. The molecular formula is C41H54F5N9O3S. The quantitative estimate of drug-likeness (QED) is 0.0876. The van der Waals surface area contributed by atoms with Gasteiger partial charge in [0.2, 0.25) is 17.8 Å².